The number of phenols is 1. The molecule has 0 bridgehead atoms. The summed E-state index contributed by atoms with van der Waals surface area (Å²) in [5.41, 5.74) is 8.62. The summed E-state index contributed by atoms with van der Waals surface area (Å²) < 4.78 is 5.24. The number of nitrogens with two attached hydrogens (primary N) is 1. The Hall–Kier alpha value is -2.36. The molecule has 4 heteroatoms. The van der Waals surface area contributed by atoms with Crippen molar-refractivity contribution in [3.05, 3.63) is 48.0 Å². The molecule has 0 aliphatic rings. The summed E-state index contributed by atoms with van der Waals surface area (Å²) in [6, 6.07) is 13.0. The third kappa shape index (κ3) is 3.35. The molecular formula is C16H20N2O2. The lowest BCUT2D eigenvalue weighted by Crippen LogP contribution is -2.21. The van der Waals surface area contributed by atoms with Crippen LogP contribution in [0.3, 0.4) is 0 Å². The number of ether oxygens (including phenoxy) is 1. The number of nitrogen functional groups attached to an aromatic ring is 1. The monoisotopic (exact) mass is 272 g/mol. The maximum atomic E-state index is 9.58. The van der Waals surface area contributed by atoms with E-state index in [9.17, 15) is 5.11 Å². The average Bonchev–Trinajstić information content (AvgIpc) is 2.44. The number of hydrogen-bond donors (Lipinski definition) is 2. The van der Waals surface area contributed by atoms with Crippen LogP contribution in [-0.2, 0) is 6.54 Å². The Balaban J connectivity index is 2.24. The van der Waals surface area contributed by atoms with Gasteiger partial charge in [0.2, 0.25) is 0 Å². The summed E-state index contributed by atoms with van der Waals surface area (Å²) in [4.78, 5) is 2.16. The van der Waals surface area contributed by atoms with Crippen LogP contribution in [0.4, 0.5) is 11.4 Å². The van der Waals surface area contributed by atoms with Crippen LogP contribution in [0.1, 0.15) is 12.5 Å². The quantitative estimate of drug-likeness (QED) is 0.821. The van der Waals surface area contributed by atoms with Gasteiger partial charge in [0.05, 0.1) is 7.11 Å². The zero-order chi connectivity index (χ0) is 14.5. The van der Waals surface area contributed by atoms with E-state index in [2.05, 4.69) is 11.8 Å². The molecule has 2 rings (SSSR count). The van der Waals surface area contributed by atoms with Crippen LogP contribution in [-0.4, -0.2) is 18.8 Å². The van der Waals surface area contributed by atoms with Crippen molar-refractivity contribution in [2.45, 2.75) is 13.5 Å². The van der Waals surface area contributed by atoms with Crippen molar-refractivity contribution in [3.63, 3.8) is 0 Å². The lowest BCUT2D eigenvalue weighted by Gasteiger charge is -2.23. The normalized spacial score (nSPS) is 10.3. The van der Waals surface area contributed by atoms with E-state index in [0.717, 1.165) is 23.5 Å². The molecule has 0 radical (unpaired) electrons. The van der Waals surface area contributed by atoms with Gasteiger partial charge in [0.15, 0.2) is 0 Å². The van der Waals surface area contributed by atoms with Gasteiger partial charge >= 0.3 is 0 Å². The van der Waals surface area contributed by atoms with Crippen LogP contribution < -0.4 is 15.4 Å². The highest BCUT2D eigenvalue weighted by Crippen LogP contribution is 2.24. The van der Waals surface area contributed by atoms with Crippen LogP contribution in [0.2, 0.25) is 0 Å². The molecule has 0 saturated carbocycles. The number of rotatable bonds is 5. The summed E-state index contributed by atoms with van der Waals surface area (Å²) in [6.07, 6.45) is 0. The maximum absolute atomic E-state index is 9.58. The molecule has 2 aromatic rings. The lowest BCUT2D eigenvalue weighted by molar-refractivity contribution is 0.414. The van der Waals surface area contributed by atoms with Crippen molar-refractivity contribution in [2.24, 2.45) is 0 Å². The summed E-state index contributed by atoms with van der Waals surface area (Å²) in [5.74, 6) is 1.03. The number of anilines is 2. The fourth-order valence-electron chi connectivity index (χ4n) is 2.19. The van der Waals surface area contributed by atoms with E-state index in [4.69, 9.17) is 10.5 Å². The third-order valence-electron chi connectivity index (χ3n) is 3.17. The van der Waals surface area contributed by atoms with Crippen molar-refractivity contribution in [1.82, 2.24) is 0 Å². The molecule has 2 aromatic carbocycles. The Morgan fingerprint density at radius 3 is 2.65 bits per heavy atom. The molecular weight excluding hydrogens is 252 g/mol. The van der Waals surface area contributed by atoms with E-state index in [1.54, 1.807) is 25.3 Å². The van der Waals surface area contributed by atoms with Gasteiger partial charge in [0, 0.05) is 36.6 Å². The molecule has 4 nitrogen and oxygen atoms in total. The van der Waals surface area contributed by atoms with Crippen LogP contribution in [0.25, 0.3) is 0 Å². The molecule has 0 fully saturated rings. The molecule has 0 aliphatic heterocycles. The Morgan fingerprint density at radius 1 is 1.20 bits per heavy atom. The SMILES string of the molecule is CCN(Cc1cc(N)cc(OC)c1)c1cccc(O)c1. The molecule has 3 N–H and O–H groups in total. The van der Waals surface area contributed by atoms with Crippen molar-refractivity contribution < 1.29 is 9.84 Å². The minimum Gasteiger partial charge on any atom is -0.508 e. The van der Waals surface area contributed by atoms with Crippen LogP contribution >= 0.6 is 0 Å². The fraction of sp³-hybridized carbons (Fsp3) is 0.250. The van der Waals surface area contributed by atoms with Gasteiger partial charge in [0.1, 0.15) is 11.5 Å². The van der Waals surface area contributed by atoms with E-state index < -0.39 is 0 Å². The van der Waals surface area contributed by atoms with Gasteiger partial charge in [-0.15, -0.1) is 0 Å². The van der Waals surface area contributed by atoms with Gasteiger partial charge in [-0.05, 0) is 36.8 Å². The molecule has 0 heterocycles. The highest BCUT2D eigenvalue weighted by Gasteiger charge is 2.08. The van der Waals surface area contributed by atoms with Gasteiger partial charge in [0.25, 0.3) is 0 Å². The molecule has 0 saturated heterocycles. The van der Waals surface area contributed by atoms with Crippen molar-refractivity contribution in [2.75, 3.05) is 24.3 Å². The largest absolute Gasteiger partial charge is 0.508 e. The number of aromatic hydroxyl groups is 1. The van der Waals surface area contributed by atoms with Crippen LogP contribution in [0, 0.1) is 0 Å². The van der Waals surface area contributed by atoms with Gasteiger partial charge in [-0.2, -0.15) is 0 Å². The van der Waals surface area contributed by atoms with Gasteiger partial charge in [-0.1, -0.05) is 6.07 Å². The van der Waals surface area contributed by atoms with Crippen LogP contribution in [0.15, 0.2) is 42.5 Å². The number of nitrogens with zero attached hydrogens (tertiary/aromatic N) is 1. The first-order valence-corrected chi connectivity index (χ1v) is 6.59. The standard InChI is InChI=1S/C16H20N2O2/c1-3-18(14-5-4-6-15(19)10-14)11-12-7-13(17)9-16(8-12)20-2/h4-10,19H,3,11,17H2,1-2H3. The van der Waals surface area contributed by atoms with Crippen molar-refractivity contribution in [3.8, 4) is 11.5 Å². The fourth-order valence-corrected chi connectivity index (χ4v) is 2.19. The van der Waals surface area contributed by atoms with Gasteiger partial charge in [-0.3, -0.25) is 0 Å². The zero-order valence-corrected chi connectivity index (χ0v) is 11.8. The maximum Gasteiger partial charge on any atom is 0.121 e. The zero-order valence-electron chi connectivity index (χ0n) is 11.8. The van der Waals surface area contributed by atoms with E-state index in [-0.39, 0.29) is 5.75 Å². The Morgan fingerprint density at radius 2 is 2.00 bits per heavy atom. The second-order valence-corrected chi connectivity index (χ2v) is 4.65. The van der Waals surface area contributed by atoms with Gasteiger partial charge in [-0.25, -0.2) is 0 Å². The minimum absolute atomic E-state index is 0.270. The Kier molecular flexibility index (Phi) is 4.35. The smallest absolute Gasteiger partial charge is 0.121 e. The Labute approximate surface area is 119 Å². The second kappa shape index (κ2) is 6.19. The highest BCUT2D eigenvalue weighted by molar-refractivity contribution is 5.53. The molecule has 0 atom stereocenters. The van der Waals surface area contributed by atoms with E-state index in [0.29, 0.717) is 12.2 Å². The predicted octanol–water partition coefficient (Wildman–Crippen LogP) is 3.01. The summed E-state index contributed by atoms with van der Waals surface area (Å²) >= 11 is 0. The highest BCUT2D eigenvalue weighted by atomic mass is 16.5. The molecule has 0 aromatic heterocycles. The minimum atomic E-state index is 0.270. The van der Waals surface area contributed by atoms with Crippen molar-refractivity contribution >= 4 is 11.4 Å². The number of hydrogen-bond acceptors (Lipinski definition) is 4. The van der Waals surface area contributed by atoms with E-state index in [1.165, 1.54) is 0 Å². The van der Waals surface area contributed by atoms with Gasteiger partial charge < -0.3 is 20.5 Å². The molecule has 0 unspecified atom stereocenters. The van der Waals surface area contributed by atoms with E-state index >= 15 is 0 Å². The van der Waals surface area contributed by atoms with E-state index in [1.807, 2.05) is 24.3 Å². The molecule has 20 heavy (non-hydrogen) atoms. The number of benzene rings is 2. The second-order valence-electron chi connectivity index (χ2n) is 4.65. The van der Waals surface area contributed by atoms with Crippen molar-refractivity contribution in [1.29, 1.82) is 0 Å². The summed E-state index contributed by atoms with van der Waals surface area (Å²) in [5, 5.41) is 9.58. The Bertz CT molecular complexity index is 584. The molecule has 106 valence electrons. The molecule has 0 amide bonds. The molecule has 0 aliphatic carbocycles. The molecule has 0 spiro atoms. The van der Waals surface area contributed by atoms with Crippen LogP contribution in [0.5, 0.6) is 11.5 Å². The first kappa shape index (κ1) is 14.1. The lowest BCUT2D eigenvalue weighted by atomic mass is 10.1. The topological polar surface area (TPSA) is 58.7 Å². The number of methoxy groups -OCH3 is 1. The summed E-state index contributed by atoms with van der Waals surface area (Å²) in [7, 11) is 1.63. The first-order chi connectivity index (χ1) is 9.62. The number of phenolic OH excluding ortho intramolecular Hbond substituents is 1. The summed E-state index contributed by atoms with van der Waals surface area (Å²) in [6.45, 7) is 3.62. The third-order valence-corrected chi connectivity index (χ3v) is 3.17. The predicted molar refractivity (Wildman–Crippen MR) is 82.2 cm³/mol. The first-order valence-electron chi connectivity index (χ1n) is 6.59. The average molecular weight is 272 g/mol.